The summed E-state index contributed by atoms with van der Waals surface area (Å²) in [6, 6.07) is 18.1. The second-order valence-corrected chi connectivity index (χ2v) is 6.11. The number of nitrogens with zero attached hydrogens (tertiary/aromatic N) is 1. The molecule has 3 rings (SSSR count). The molecule has 0 aliphatic rings. The van der Waals surface area contributed by atoms with E-state index in [-0.39, 0.29) is 6.61 Å². The van der Waals surface area contributed by atoms with Crippen LogP contribution in [0.1, 0.15) is 12.7 Å². The van der Waals surface area contributed by atoms with Crippen LogP contribution in [0.25, 0.3) is 11.3 Å². The molecule has 0 unspecified atom stereocenters. The second kappa shape index (κ2) is 9.62. The number of para-hydroxylation sites is 2. The van der Waals surface area contributed by atoms with Crippen molar-refractivity contribution in [2.24, 2.45) is 5.10 Å². The third-order valence-corrected chi connectivity index (χ3v) is 3.86. The molecule has 1 heterocycles. The molecule has 1 aromatic heterocycles. The molecule has 0 fully saturated rings. The molecule has 0 aliphatic carbocycles. The van der Waals surface area contributed by atoms with Crippen LogP contribution in [0.5, 0.6) is 11.5 Å². The van der Waals surface area contributed by atoms with Crippen molar-refractivity contribution in [1.82, 2.24) is 5.43 Å². The molecule has 0 spiro atoms. The fraction of sp³-hybridized carbons (Fsp3) is 0.143. The summed E-state index contributed by atoms with van der Waals surface area (Å²) in [5.74, 6) is 1.85. The maximum absolute atomic E-state index is 11.9. The molecule has 3 aromatic rings. The summed E-state index contributed by atoms with van der Waals surface area (Å²) >= 11 is 5.99. The van der Waals surface area contributed by atoms with Crippen molar-refractivity contribution in [3.05, 3.63) is 71.4 Å². The van der Waals surface area contributed by atoms with Crippen LogP contribution in [-0.4, -0.2) is 25.3 Å². The molecule has 28 heavy (non-hydrogen) atoms. The van der Waals surface area contributed by atoms with Crippen LogP contribution in [0.15, 0.2) is 70.2 Å². The van der Waals surface area contributed by atoms with E-state index >= 15 is 0 Å². The van der Waals surface area contributed by atoms with E-state index in [2.05, 4.69) is 10.5 Å². The Hall–Kier alpha value is -3.25. The van der Waals surface area contributed by atoms with E-state index in [1.165, 1.54) is 6.21 Å². The summed E-state index contributed by atoms with van der Waals surface area (Å²) in [6.45, 7) is 2.20. The van der Waals surface area contributed by atoms with Gasteiger partial charge >= 0.3 is 0 Å². The van der Waals surface area contributed by atoms with Gasteiger partial charge in [0.2, 0.25) is 0 Å². The third-order valence-electron chi connectivity index (χ3n) is 3.62. The lowest BCUT2D eigenvalue weighted by Crippen LogP contribution is -2.24. The molecule has 1 N–H and O–H groups in total. The first-order valence-corrected chi connectivity index (χ1v) is 9.06. The van der Waals surface area contributed by atoms with Crippen molar-refractivity contribution in [3.63, 3.8) is 0 Å². The fourth-order valence-electron chi connectivity index (χ4n) is 2.41. The number of carbonyl (C=O) groups is 1. The molecule has 1 amide bonds. The Labute approximate surface area is 167 Å². The number of furan rings is 1. The average Bonchev–Trinajstić information content (AvgIpc) is 3.16. The molecule has 6 nitrogen and oxygen atoms in total. The monoisotopic (exact) mass is 398 g/mol. The summed E-state index contributed by atoms with van der Waals surface area (Å²) in [6.07, 6.45) is 1.42. The normalized spacial score (nSPS) is 10.8. The Morgan fingerprint density at radius 3 is 2.64 bits per heavy atom. The van der Waals surface area contributed by atoms with Crippen LogP contribution < -0.4 is 14.9 Å². The minimum Gasteiger partial charge on any atom is -0.490 e. The number of carbonyl (C=O) groups excluding carboxylic acids is 1. The highest BCUT2D eigenvalue weighted by molar-refractivity contribution is 6.30. The van der Waals surface area contributed by atoms with Gasteiger partial charge in [-0.15, -0.1) is 0 Å². The molecule has 0 saturated heterocycles. The zero-order valence-electron chi connectivity index (χ0n) is 15.2. The highest BCUT2D eigenvalue weighted by Gasteiger charge is 2.07. The van der Waals surface area contributed by atoms with Crippen molar-refractivity contribution in [3.8, 4) is 22.8 Å². The summed E-state index contributed by atoms with van der Waals surface area (Å²) < 4.78 is 16.6. The maximum Gasteiger partial charge on any atom is 0.277 e. The van der Waals surface area contributed by atoms with E-state index in [1.54, 1.807) is 30.3 Å². The Kier molecular flexibility index (Phi) is 6.70. The molecule has 144 valence electrons. The van der Waals surface area contributed by atoms with Gasteiger partial charge in [0.15, 0.2) is 18.1 Å². The molecule has 2 aromatic carbocycles. The lowest BCUT2D eigenvalue weighted by Gasteiger charge is -2.10. The van der Waals surface area contributed by atoms with Crippen LogP contribution >= 0.6 is 11.6 Å². The highest BCUT2D eigenvalue weighted by atomic mass is 35.5. The molecule has 0 bridgehead atoms. The van der Waals surface area contributed by atoms with Crippen LogP contribution in [0.2, 0.25) is 5.02 Å². The van der Waals surface area contributed by atoms with Crippen LogP contribution in [-0.2, 0) is 4.79 Å². The fourth-order valence-corrected chi connectivity index (χ4v) is 2.60. The number of hydrazone groups is 1. The van der Waals surface area contributed by atoms with E-state index in [0.717, 1.165) is 5.56 Å². The largest absolute Gasteiger partial charge is 0.490 e. The van der Waals surface area contributed by atoms with Gasteiger partial charge in [-0.2, -0.15) is 5.10 Å². The summed E-state index contributed by atoms with van der Waals surface area (Å²) in [5, 5.41) is 4.51. The van der Waals surface area contributed by atoms with Crippen molar-refractivity contribution in [2.75, 3.05) is 13.2 Å². The van der Waals surface area contributed by atoms with Gasteiger partial charge in [-0.05, 0) is 43.3 Å². The Bertz CT molecular complexity index is 968. The Morgan fingerprint density at radius 1 is 1.11 bits per heavy atom. The SMILES string of the molecule is CCOc1ccccc1OCC(=O)N/N=C\c1ccc(-c2cccc(Cl)c2)o1. The van der Waals surface area contributed by atoms with E-state index in [0.29, 0.717) is 34.6 Å². The van der Waals surface area contributed by atoms with Gasteiger partial charge in [0.05, 0.1) is 12.8 Å². The first kappa shape index (κ1) is 19.5. The molecule has 0 radical (unpaired) electrons. The first-order chi connectivity index (χ1) is 13.7. The minimum absolute atomic E-state index is 0.187. The quantitative estimate of drug-likeness (QED) is 0.447. The van der Waals surface area contributed by atoms with Gasteiger partial charge in [0.25, 0.3) is 5.91 Å². The van der Waals surface area contributed by atoms with Gasteiger partial charge in [0.1, 0.15) is 11.5 Å². The predicted molar refractivity (Wildman–Crippen MR) is 108 cm³/mol. The zero-order valence-corrected chi connectivity index (χ0v) is 16.0. The first-order valence-electron chi connectivity index (χ1n) is 8.68. The van der Waals surface area contributed by atoms with E-state index in [9.17, 15) is 4.79 Å². The standard InChI is InChI=1S/C21H19ClN2O4/c1-2-26-19-8-3-4-9-20(19)27-14-21(25)24-23-13-17-10-11-18(28-17)15-6-5-7-16(22)12-15/h3-13H,2,14H2,1H3,(H,24,25)/b23-13-. The number of amides is 1. The minimum atomic E-state index is -0.399. The lowest BCUT2D eigenvalue weighted by molar-refractivity contribution is -0.123. The van der Waals surface area contributed by atoms with Crippen LogP contribution in [0.3, 0.4) is 0 Å². The number of halogens is 1. The Morgan fingerprint density at radius 2 is 1.89 bits per heavy atom. The Balaban J connectivity index is 1.52. The second-order valence-electron chi connectivity index (χ2n) is 5.67. The van der Waals surface area contributed by atoms with Gasteiger partial charge in [-0.1, -0.05) is 35.9 Å². The van der Waals surface area contributed by atoms with Crippen LogP contribution in [0, 0.1) is 0 Å². The summed E-state index contributed by atoms with van der Waals surface area (Å²) in [7, 11) is 0. The molecule has 7 heteroatoms. The van der Waals surface area contributed by atoms with Gasteiger partial charge in [0, 0.05) is 10.6 Å². The predicted octanol–water partition coefficient (Wildman–Crippen LogP) is 4.53. The van der Waals surface area contributed by atoms with E-state index in [4.69, 9.17) is 25.5 Å². The lowest BCUT2D eigenvalue weighted by atomic mass is 10.2. The van der Waals surface area contributed by atoms with Gasteiger partial charge < -0.3 is 13.9 Å². The topological polar surface area (TPSA) is 73.1 Å². The van der Waals surface area contributed by atoms with Crippen molar-refractivity contribution in [2.45, 2.75) is 6.92 Å². The van der Waals surface area contributed by atoms with E-state index in [1.807, 2.05) is 37.3 Å². The van der Waals surface area contributed by atoms with Crippen molar-refractivity contribution in [1.29, 1.82) is 0 Å². The molecule has 0 aliphatic heterocycles. The maximum atomic E-state index is 11.9. The van der Waals surface area contributed by atoms with E-state index < -0.39 is 5.91 Å². The van der Waals surface area contributed by atoms with Gasteiger partial charge in [-0.25, -0.2) is 5.43 Å². The molecular weight excluding hydrogens is 380 g/mol. The third kappa shape index (κ3) is 5.37. The molecule has 0 atom stereocenters. The smallest absolute Gasteiger partial charge is 0.277 e. The zero-order chi connectivity index (χ0) is 19.8. The van der Waals surface area contributed by atoms with Crippen molar-refractivity contribution >= 4 is 23.7 Å². The number of benzene rings is 2. The average molecular weight is 399 g/mol. The van der Waals surface area contributed by atoms with Crippen molar-refractivity contribution < 1.29 is 18.7 Å². The van der Waals surface area contributed by atoms with Gasteiger partial charge in [-0.3, -0.25) is 4.79 Å². The number of hydrogen-bond donors (Lipinski definition) is 1. The molecule has 0 saturated carbocycles. The summed E-state index contributed by atoms with van der Waals surface area (Å²) in [4.78, 5) is 11.9. The molecular formula is C21H19ClN2O4. The number of rotatable bonds is 8. The van der Waals surface area contributed by atoms with Crippen LogP contribution in [0.4, 0.5) is 0 Å². The highest BCUT2D eigenvalue weighted by Crippen LogP contribution is 2.26. The number of ether oxygens (including phenoxy) is 2. The number of nitrogens with one attached hydrogen (secondary N) is 1. The summed E-state index contributed by atoms with van der Waals surface area (Å²) in [5.41, 5.74) is 3.25. The number of hydrogen-bond acceptors (Lipinski definition) is 5.